The van der Waals surface area contributed by atoms with Crippen molar-refractivity contribution in [3.8, 4) is 0 Å². The first-order valence-electron chi connectivity index (χ1n) is 7.88. The van der Waals surface area contributed by atoms with Crippen LogP contribution in [0.25, 0.3) is 0 Å². The van der Waals surface area contributed by atoms with Gasteiger partial charge < -0.3 is 14.0 Å². The van der Waals surface area contributed by atoms with Gasteiger partial charge in [-0.1, -0.05) is 23.2 Å². The van der Waals surface area contributed by atoms with E-state index in [4.69, 9.17) is 48.8 Å². The molecule has 2 heterocycles. The summed E-state index contributed by atoms with van der Waals surface area (Å²) < 4.78 is 17.2. The van der Waals surface area contributed by atoms with Crippen molar-refractivity contribution in [2.75, 3.05) is 6.61 Å². The van der Waals surface area contributed by atoms with E-state index in [1.807, 2.05) is 27.7 Å². The number of carbonyl (C=O) groups is 1. The normalized spacial score (nSPS) is 19.8. The Bertz CT molecular complexity index is 633. The summed E-state index contributed by atoms with van der Waals surface area (Å²) in [5.41, 5.74) is -0.826. The first kappa shape index (κ1) is 20.7. The molecule has 0 radical (unpaired) electrons. The van der Waals surface area contributed by atoms with Gasteiger partial charge in [0.25, 0.3) is 0 Å². The fraction of sp³-hybridized carbons (Fsp3) is 0.667. The molecule has 1 aliphatic heterocycles. The Morgan fingerprint density at radius 2 is 1.60 bits per heavy atom. The van der Waals surface area contributed by atoms with Gasteiger partial charge in [-0.25, -0.2) is 9.97 Å². The van der Waals surface area contributed by atoms with E-state index < -0.39 is 30.1 Å². The van der Waals surface area contributed by atoms with Gasteiger partial charge in [0.15, 0.2) is 0 Å². The van der Waals surface area contributed by atoms with E-state index in [1.54, 1.807) is 6.92 Å². The van der Waals surface area contributed by atoms with Crippen LogP contribution >= 0.6 is 34.8 Å². The van der Waals surface area contributed by atoms with Gasteiger partial charge in [-0.05, 0) is 46.2 Å². The Morgan fingerprint density at radius 3 is 2.04 bits per heavy atom. The molecule has 1 aliphatic rings. The van der Waals surface area contributed by atoms with Gasteiger partial charge in [0.2, 0.25) is 5.28 Å². The highest BCUT2D eigenvalue weighted by Crippen LogP contribution is 2.44. The lowest BCUT2D eigenvalue weighted by atomic mass is 9.66. The zero-order valence-electron chi connectivity index (χ0n) is 14.7. The van der Waals surface area contributed by atoms with Crippen LogP contribution in [0.1, 0.15) is 52.4 Å². The zero-order chi connectivity index (χ0) is 19.0. The van der Waals surface area contributed by atoms with Crippen LogP contribution in [-0.2, 0) is 18.8 Å². The molecule has 1 atom stereocenters. The van der Waals surface area contributed by atoms with Crippen molar-refractivity contribution >= 4 is 47.9 Å². The summed E-state index contributed by atoms with van der Waals surface area (Å²) in [4.78, 5) is 20.0. The van der Waals surface area contributed by atoms with Gasteiger partial charge in [0, 0.05) is 11.4 Å². The summed E-state index contributed by atoms with van der Waals surface area (Å²) in [6.45, 7) is 9.64. The predicted molar refractivity (Wildman–Crippen MR) is 97.1 cm³/mol. The Balaban J connectivity index is 2.44. The van der Waals surface area contributed by atoms with Crippen LogP contribution in [0, 0.1) is 0 Å². The summed E-state index contributed by atoms with van der Waals surface area (Å²) in [6.07, 6.45) is -0.0465. The monoisotopic (exact) mass is 408 g/mol. The average molecular weight is 410 g/mol. The molecule has 2 rings (SSSR count). The van der Waals surface area contributed by atoms with Gasteiger partial charge in [-0.2, -0.15) is 0 Å². The van der Waals surface area contributed by atoms with Crippen LogP contribution in [0.4, 0.5) is 0 Å². The maximum atomic E-state index is 12.1. The van der Waals surface area contributed by atoms with E-state index >= 15 is 0 Å². The predicted octanol–water partition coefficient (Wildman–Crippen LogP) is 4.11. The van der Waals surface area contributed by atoms with Crippen molar-refractivity contribution in [2.24, 2.45) is 0 Å². The SMILES string of the molecule is CCOC(=O)CC(B1OC(C)(C)C(C)(C)O1)c1c(Cl)nc(Cl)nc1Cl. The number of rotatable bonds is 5. The van der Waals surface area contributed by atoms with Crippen molar-refractivity contribution in [1.82, 2.24) is 9.97 Å². The second kappa shape index (κ2) is 7.57. The van der Waals surface area contributed by atoms with E-state index in [2.05, 4.69) is 9.97 Å². The first-order valence-corrected chi connectivity index (χ1v) is 9.01. The van der Waals surface area contributed by atoms with Gasteiger partial charge in [0.1, 0.15) is 10.3 Å². The van der Waals surface area contributed by atoms with E-state index in [0.29, 0.717) is 5.56 Å². The molecule has 10 heteroatoms. The smallest absolute Gasteiger partial charge is 0.466 e. The molecule has 1 unspecified atom stereocenters. The minimum atomic E-state index is -0.769. The Morgan fingerprint density at radius 1 is 1.12 bits per heavy atom. The quantitative estimate of drug-likeness (QED) is 0.316. The third-order valence-corrected chi connectivity index (χ3v) is 5.23. The van der Waals surface area contributed by atoms with Gasteiger partial charge >= 0.3 is 13.1 Å². The number of aromatic nitrogens is 2. The fourth-order valence-electron chi connectivity index (χ4n) is 2.49. The molecular weight excluding hydrogens is 389 g/mol. The fourth-order valence-corrected chi connectivity index (χ4v) is 3.41. The summed E-state index contributed by atoms with van der Waals surface area (Å²) >= 11 is 18.2. The van der Waals surface area contributed by atoms with E-state index in [0.717, 1.165) is 0 Å². The maximum Gasteiger partial charge on any atom is 0.466 e. The molecular formula is C15H20BCl3N2O4. The van der Waals surface area contributed by atoms with Gasteiger partial charge in [0.05, 0.1) is 24.2 Å². The third-order valence-electron chi connectivity index (χ3n) is 4.49. The number of halogens is 3. The average Bonchev–Trinajstić information content (AvgIpc) is 2.65. The molecule has 1 aromatic rings. The standard InChI is InChI=1S/C15H20BCl3N2O4/c1-6-23-9(22)7-8(10-11(17)20-13(19)21-12(10)18)16-24-14(2,3)15(4,5)25-16/h8H,6-7H2,1-5H3. The van der Waals surface area contributed by atoms with Crippen LogP contribution in [0.5, 0.6) is 0 Å². The van der Waals surface area contributed by atoms with Crippen LogP contribution < -0.4 is 0 Å². The highest BCUT2D eigenvalue weighted by Gasteiger charge is 2.55. The minimum Gasteiger partial charge on any atom is -0.466 e. The summed E-state index contributed by atoms with van der Waals surface area (Å²) in [6, 6.07) is 0. The molecule has 0 spiro atoms. The number of hydrogen-bond acceptors (Lipinski definition) is 6. The van der Waals surface area contributed by atoms with Crippen molar-refractivity contribution in [3.63, 3.8) is 0 Å². The number of nitrogens with zero attached hydrogens (tertiary/aromatic N) is 2. The van der Waals surface area contributed by atoms with Crippen molar-refractivity contribution in [1.29, 1.82) is 0 Å². The number of ether oxygens (including phenoxy) is 1. The van der Waals surface area contributed by atoms with Crippen molar-refractivity contribution < 1.29 is 18.8 Å². The van der Waals surface area contributed by atoms with E-state index in [9.17, 15) is 4.79 Å². The Kier molecular flexibility index (Phi) is 6.27. The summed E-state index contributed by atoms with van der Waals surface area (Å²) in [5.74, 6) is -1.07. The first-order chi connectivity index (χ1) is 11.5. The lowest BCUT2D eigenvalue weighted by Gasteiger charge is -2.32. The zero-order valence-corrected chi connectivity index (χ0v) is 17.0. The molecule has 6 nitrogen and oxygen atoms in total. The van der Waals surface area contributed by atoms with E-state index in [-0.39, 0.29) is 28.6 Å². The van der Waals surface area contributed by atoms with Crippen LogP contribution in [0.3, 0.4) is 0 Å². The molecule has 0 aliphatic carbocycles. The Labute approximate surface area is 162 Å². The molecule has 138 valence electrons. The molecule has 0 bridgehead atoms. The molecule has 1 fully saturated rings. The maximum absolute atomic E-state index is 12.1. The number of hydrogen-bond donors (Lipinski definition) is 0. The summed E-state index contributed by atoms with van der Waals surface area (Å²) in [5, 5.41) is 0.0191. The third kappa shape index (κ3) is 4.39. The van der Waals surface area contributed by atoms with Gasteiger partial charge in [-0.15, -0.1) is 0 Å². The highest BCUT2D eigenvalue weighted by atomic mass is 35.5. The lowest BCUT2D eigenvalue weighted by molar-refractivity contribution is -0.143. The molecule has 0 amide bonds. The topological polar surface area (TPSA) is 70.5 Å². The summed E-state index contributed by atoms with van der Waals surface area (Å²) in [7, 11) is -0.769. The molecule has 25 heavy (non-hydrogen) atoms. The molecule has 0 N–H and O–H groups in total. The molecule has 1 aromatic heterocycles. The molecule has 0 aromatic carbocycles. The number of esters is 1. The van der Waals surface area contributed by atoms with Gasteiger partial charge in [-0.3, -0.25) is 4.79 Å². The van der Waals surface area contributed by atoms with Crippen molar-refractivity contribution in [2.45, 2.75) is 58.1 Å². The van der Waals surface area contributed by atoms with Crippen LogP contribution in [0.15, 0.2) is 0 Å². The van der Waals surface area contributed by atoms with Crippen LogP contribution in [-0.4, -0.2) is 40.9 Å². The second-order valence-corrected chi connectivity index (χ2v) is 7.78. The van der Waals surface area contributed by atoms with E-state index in [1.165, 1.54) is 0 Å². The highest BCUT2D eigenvalue weighted by molar-refractivity contribution is 6.49. The lowest BCUT2D eigenvalue weighted by Crippen LogP contribution is -2.41. The second-order valence-electron chi connectivity index (χ2n) is 6.73. The molecule has 0 saturated carbocycles. The Hall–Kier alpha value is -0.595. The molecule has 1 saturated heterocycles. The van der Waals surface area contributed by atoms with Crippen LogP contribution in [0.2, 0.25) is 15.6 Å². The largest absolute Gasteiger partial charge is 0.466 e. The van der Waals surface area contributed by atoms with Crippen molar-refractivity contribution in [3.05, 3.63) is 21.2 Å². The minimum absolute atomic E-state index is 0.0465. The number of carbonyl (C=O) groups excluding carboxylic acids is 1.